The normalized spacial score (nSPS) is 15.1. The second-order valence-electron chi connectivity index (χ2n) is 12.2. The molecule has 1 N–H and O–H groups in total. The van der Waals surface area contributed by atoms with Crippen LogP contribution in [-0.2, 0) is 24.4 Å². The molecule has 45 heavy (non-hydrogen) atoms. The van der Waals surface area contributed by atoms with Gasteiger partial charge in [0.15, 0.2) is 0 Å². The fourth-order valence-electron chi connectivity index (χ4n) is 5.72. The lowest BCUT2D eigenvalue weighted by Crippen LogP contribution is -2.44. The van der Waals surface area contributed by atoms with Crippen LogP contribution in [0.1, 0.15) is 40.3 Å². The zero-order valence-corrected chi connectivity index (χ0v) is 26.5. The van der Waals surface area contributed by atoms with Gasteiger partial charge in [-0.2, -0.15) is 10.2 Å². The average molecular weight is 633 g/mol. The van der Waals surface area contributed by atoms with Gasteiger partial charge in [0.1, 0.15) is 28.8 Å². The molecule has 1 amide bonds. The van der Waals surface area contributed by atoms with Crippen molar-refractivity contribution >= 4 is 27.3 Å². The summed E-state index contributed by atoms with van der Waals surface area (Å²) in [6.07, 6.45) is 4.44. The molecule has 12 heteroatoms. The molecule has 1 aliphatic rings. The van der Waals surface area contributed by atoms with Crippen LogP contribution < -0.4 is 4.74 Å². The Labute approximate surface area is 263 Å². The van der Waals surface area contributed by atoms with Crippen molar-refractivity contribution in [2.75, 3.05) is 0 Å². The predicted octanol–water partition coefficient (Wildman–Crippen LogP) is 6.44. The molecule has 1 aliphatic heterocycles. The number of carbonyl (C=O) groups excluding carboxylic acids is 1. The van der Waals surface area contributed by atoms with Gasteiger partial charge in [0.05, 0.1) is 54.5 Å². The van der Waals surface area contributed by atoms with Crippen molar-refractivity contribution in [2.45, 2.75) is 72.0 Å². The summed E-state index contributed by atoms with van der Waals surface area (Å²) in [6.45, 7) is 13.6. The molecular weight excluding hydrogens is 598 g/mol. The van der Waals surface area contributed by atoms with E-state index >= 15 is 4.39 Å². The molecule has 0 aliphatic carbocycles. The Kier molecular flexibility index (Phi) is 7.82. The standard InChI is InChI=1S/C33H34F2N6O3S/c1-7-27(42)40-16-22-12-25(38-41(22)14-19(40)4)31-29(28-24(35)10-21(34)11-26(28)44-18(2)3)32-23(8-9-45-32)30(37-31)20-13-36-39(15-20)17-33(5,6)43/h7-13,15,18-19,43H,1,14,16-17H2,2-6H3/t19-/m1/s1. The quantitative estimate of drug-likeness (QED) is 0.198. The van der Waals surface area contributed by atoms with E-state index in [1.807, 2.05) is 35.3 Å². The van der Waals surface area contributed by atoms with Crippen molar-refractivity contribution in [1.82, 2.24) is 29.4 Å². The van der Waals surface area contributed by atoms with Gasteiger partial charge in [-0.15, -0.1) is 11.3 Å². The third-order valence-electron chi connectivity index (χ3n) is 7.56. The lowest BCUT2D eigenvalue weighted by Gasteiger charge is -2.33. The Morgan fingerprint density at radius 3 is 2.73 bits per heavy atom. The third kappa shape index (κ3) is 5.87. The summed E-state index contributed by atoms with van der Waals surface area (Å²) >= 11 is 1.40. The summed E-state index contributed by atoms with van der Waals surface area (Å²) in [5.74, 6) is -1.65. The fourth-order valence-corrected chi connectivity index (χ4v) is 6.67. The number of amides is 1. The van der Waals surface area contributed by atoms with Crippen molar-refractivity contribution in [1.29, 1.82) is 0 Å². The topological polar surface area (TPSA) is 98.3 Å². The number of aromatic nitrogens is 5. The van der Waals surface area contributed by atoms with Crippen LogP contribution in [-0.4, -0.2) is 58.2 Å². The summed E-state index contributed by atoms with van der Waals surface area (Å²) in [4.78, 5) is 19.4. The van der Waals surface area contributed by atoms with E-state index in [-0.39, 0.29) is 35.9 Å². The minimum absolute atomic E-state index is 0.0614. The van der Waals surface area contributed by atoms with Crippen LogP contribution in [0.3, 0.4) is 0 Å². The number of hydrogen-bond donors (Lipinski definition) is 1. The van der Waals surface area contributed by atoms with Gasteiger partial charge < -0.3 is 14.7 Å². The van der Waals surface area contributed by atoms with Crippen molar-refractivity contribution in [3.63, 3.8) is 0 Å². The van der Waals surface area contributed by atoms with Gasteiger partial charge in [0.25, 0.3) is 0 Å². The SMILES string of the molecule is C=CC(=O)N1Cc2cc(-c3nc(-c4cnn(CC(C)(C)O)c4)c4ccsc4c3-c3c(F)cc(F)cc3OC(C)C)nn2C[C@H]1C. The Hall–Kier alpha value is -4.42. The highest BCUT2D eigenvalue weighted by Crippen LogP contribution is 2.47. The molecule has 0 saturated heterocycles. The minimum Gasteiger partial charge on any atom is -0.490 e. The van der Waals surface area contributed by atoms with Crippen LogP contribution in [0.25, 0.3) is 43.9 Å². The van der Waals surface area contributed by atoms with E-state index in [2.05, 4.69) is 11.7 Å². The van der Waals surface area contributed by atoms with E-state index in [9.17, 15) is 14.3 Å². The van der Waals surface area contributed by atoms with E-state index in [0.29, 0.717) is 46.0 Å². The number of pyridine rings is 1. The van der Waals surface area contributed by atoms with Gasteiger partial charge in [-0.3, -0.25) is 14.2 Å². The molecule has 1 atom stereocenters. The number of fused-ring (bicyclic) bond motifs is 2. The van der Waals surface area contributed by atoms with Gasteiger partial charge >= 0.3 is 0 Å². The zero-order valence-electron chi connectivity index (χ0n) is 25.7. The van der Waals surface area contributed by atoms with E-state index < -0.39 is 17.2 Å². The molecule has 0 unspecified atom stereocenters. The van der Waals surface area contributed by atoms with Gasteiger partial charge in [-0.25, -0.2) is 13.8 Å². The minimum atomic E-state index is -0.982. The maximum Gasteiger partial charge on any atom is 0.246 e. The first-order valence-electron chi connectivity index (χ1n) is 14.7. The smallest absolute Gasteiger partial charge is 0.246 e. The number of halogens is 2. The molecule has 0 radical (unpaired) electrons. The van der Waals surface area contributed by atoms with Crippen molar-refractivity contribution in [3.8, 4) is 39.5 Å². The van der Waals surface area contributed by atoms with Crippen LogP contribution in [0.5, 0.6) is 5.75 Å². The number of thiophene rings is 1. The van der Waals surface area contributed by atoms with Crippen LogP contribution in [0.15, 0.2) is 54.7 Å². The number of benzene rings is 1. The van der Waals surface area contributed by atoms with Gasteiger partial charge in [0.2, 0.25) is 5.91 Å². The predicted molar refractivity (Wildman–Crippen MR) is 170 cm³/mol. The number of nitrogens with zero attached hydrogens (tertiary/aromatic N) is 6. The van der Waals surface area contributed by atoms with E-state index in [4.69, 9.17) is 14.8 Å². The van der Waals surface area contributed by atoms with Crippen LogP contribution >= 0.6 is 11.3 Å². The summed E-state index contributed by atoms with van der Waals surface area (Å²) in [6, 6.07) is 5.67. The molecule has 0 bridgehead atoms. The molecule has 6 rings (SSSR count). The first-order chi connectivity index (χ1) is 21.3. The number of ether oxygens (including phenoxy) is 1. The average Bonchev–Trinajstić information content (AvgIpc) is 3.70. The Bertz CT molecular complexity index is 1940. The number of aliphatic hydroxyl groups is 1. The van der Waals surface area contributed by atoms with E-state index in [1.54, 1.807) is 43.5 Å². The van der Waals surface area contributed by atoms with E-state index in [1.165, 1.54) is 23.5 Å². The van der Waals surface area contributed by atoms with Gasteiger partial charge in [0, 0.05) is 45.6 Å². The molecule has 5 heterocycles. The molecule has 0 spiro atoms. The first kappa shape index (κ1) is 30.6. The van der Waals surface area contributed by atoms with Gasteiger partial charge in [-0.05, 0) is 58.2 Å². The monoisotopic (exact) mass is 632 g/mol. The maximum atomic E-state index is 16.0. The highest BCUT2D eigenvalue weighted by molar-refractivity contribution is 7.18. The Balaban J connectivity index is 1.62. The lowest BCUT2D eigenvalue weighted by atomic mass is 9.97. The number of hydrogen-bond acceptors (Lipinski definition) is 7. The zero-order chi connectivity index (χ0) is 32.2. The molecule has 4 aromatic heterocycles. The Morgan fingerprint density at radius 1 is 1.24 bits per heavy atom. The van der Waals surface area contributed by atoms with Crippen molar-refractivity contribution < 1.29 is 23.4 Å². The van der Waals surface area contributed by atoms with Gasteiger partial charge in [-0.1, -0.05) is 6.58 Å². The van der Waals surface area contributed by atoms with Crippen LogP contribution in [0.2, 0.25) is 0 Å². The van der Waals surface area contributed by atoms with Crippen molar-refractivity contribution in [3.05, 3.63) is 72.0 Å². The molecule has 234 valence electrons. The summed E-state index contributed by atoms with van der Waals surface area (Å²) < 4.78 is 40.7. The molecular formula is C33H34F2N6O3S. The molecule has 5 aromatic rings. The third-order valence-corrected chi connectivity index (χ3v) is 8.49. The molecule has 9 nitrogen and oxygen atoms in total. The number of carbonyl (C=O) groups is 1. The largest absolute Gasteiger partial charge is 0.490 e. The first-order valence-corrected chi connectivity index (χ1v) is 15.5. The van der Waals surface area contributed by atoms with Crippen LogP contribution in [0.4, 0.5) is 8.78 Å². The lowest BCUT2D eigenvalue weighted by molar-refractivity contribution is -0.129. The highest BCUT2D eigenvalue weighted by atomic mass is 32.1. The van der Waals surface area contributed by atoms with Crippen molar-refractivity contribution in [2.24, 2.45) is 0 Å². The second kappa shape index (κ2) is 11.5. The Morgan fingerprint density at radius 2 is 2.02 bits per heavy atom. The number of rotatable bonds is 8. The molecule has 0 saturated carbocycles. The molecule has 1 aromatic carbocycles. The molecule has 0 fully saturated rings. The van der Waals surface area contributed by atoms with Crippen LogP contribution in [0, 0.1) is 11.6 Å². The summed E-state index contributed by atoms with van der Waals surface area (Å²) in [5, 5.41) is 22.4. The highest BCUT2D eigenvalue weighted by Gasteiger charge is 2.31. The maximum absolute atomic E-state index is 16.0. The summed E-state index contributed by atoms with van der Waals surface area (Å²) in [5.41, 5.74) is 2.48. The van der Waals surface area contributed by atoms with E-state index in [0.717, 1.165) is 17.1 Å². The fraction of sp³-hybridized carbons (Fsp3) is 0.333. The second-order valence-corrected chi connectivity index (χ2v) is 13.2. The summed E-state index contributed by atoms with van der Waals surface area (Å²) in [7, 11) is 0.